The number of carbonyl (C=O) groups excluding carboxylic acids is 9. The zero-order valence-electron chi connectivity index (χ0n) is 79.2. The standard InChI is InChI=1S/C9H16S.C7H14OS.C6H9NO2S.C6H12O2S.2C6H12OS.C5H11NOS.2C5H10O2S.2C5H12OS.C5H12S.C4H10O2S2.C4H10OS.C4H10S/c1-6-3-8-4-7(6)5-9(8)10-2;1-4-7(8)6(2)5-9-3;1-7-5(8)3-4(10-2)6(7)9;1-5(4-9-3)6(7)8-2;1-6(7)4-3-5-8-2;1-3-6(7)4-5-8-2;1-5(7)6-3-4-8-2;1-7-5(6)3-4-8-2;1-5(6)7-3-4-8-2;1-5(7-3)4-6-2;1-6-4-3-5-7-2;1-3-4-5-6-2;1-7-3-4-8(2,5)6;1-5-3-4-6-2;1-3-4-5-2/h6-9H,3-5H2,1-2H3;6H,4-5H2,1-3H3;4H,3H2,1-2H3;5H,4H2,1-3H3;2*3-5H2,1-2H3;3-4H2,1-2H3,(H,6,7);2*3-4H2,1-2H3;5H,4H2,1-3H3;3-5H2,1-2H3;3-5H2,1-2H3;3-4H2,1-2H3;3-4H2,1-2H3;3-4H2,1-2H3. The van der Waals surface area contributed by atoms with Gasteiger partial charge in [-0.1, -0.05) is 61.8 Å². The zero-order valence-corrected chi connectivity index (χ0v) is 92.2. The van der Waals surface area contributed by atoms with E-state index in [4.69, 9.17) is 14.2 Å². The van der Waals surface area contributed by atoms with E-state index < -0.39 is 9.84 Å². The van der Waals surface area contributed by atoms with Gasteiger partial charge in [-0.3, -0.25) is 43.3 Å². The van der Waals surface area contributed by atoms with Crippen LogP contribution in [0.5, 0.6) is 0 Å². The van der Waals surface area contributed by atoms with Crippen LogP contribution in [0.25, 0.3) is 0 Å². The van der Waals surface area contributed by atoms with Crippen molar-refractivity contribution in [3.05, 3.63) is 0 Å². The lowest BCUT2D eigenvalue weighted by atomic mass is 9.90. The molecular weight excluding hydrogens is 1800 g/mol. The van der Waals surface area contributed by atoms with Crippen molar-refractivity contribution in [1.82, 2.24) is 10.2 Å². The summed E-state index contributed by atoms with van der Waals surface area (Å²) >= 11 is 26.3. The van der Waals surface area contributed by atoms with Crippen molar-refractivity contribution in [3.8, 4) is 0 Å². The highest BCUT2D eigenvalue weighted by Gasteiger charge is 2.43. The maximum absolute atomic E-state index is 11.0. The van der Waals surface area contributed by atoms with Gasteiger partial charge in [0, 0.05) is 150 Å². The molecule has 2 saturated carbocycles. The van der Waals surface area contributed by atoms with E-state index in [1.807, 2.05) is 125 Å². The molecule has 708 valence electrons. The van der Waals surface area contributed by atoms with Crippen molar-refractivity contribution in [1.29, 1.82) is 0 Å². The topological polar surface area (TPSA) is 258 Å². The van der Waals surface area contributed by atoms with Crippen LogP contribution < -0.4 is 5.32 Å². The van der Waals surface area contributed by atoms with Gasteiger partial charge in [0.2, 0.25) is 17.7 Å². The molecule has 3 amide bonds. The molecule has 2 bridgehead atoms. The molecular formula is C82H172N2O17S16. The Labute approximate surface area is 783 Å². The summed E-state index contributed by atoms with van der Waals surface area (Å²) in [5.41, 5.74) is 0. The average molecular weight is 1970 g/mol. The summed E-state index contributed by atoms with van der Waals surface area (Å²) in [6, 6.07) is 0. The normalized spacial score (nSPS) is 15.3. The smallest absolute Gasteiger partial charge is 0.309 e. The van der Waals surface area contributed by atoms with Crippen LogP contribution in [-0.4, -0.2) is 332 Å². The van der Waals surface area contributed by atoms with Crippen molar-refractivity contribution in [2.75, 3.05) is 250 Å². The van der Waals surface area contributed by atoms with Crippen molar-refractivity contribution >= 4 is 239 Å². The number of rotatable bonds is 44. The number of ketones is 3. The fraction of sp³-hybridized carbons (Fsp3) is 0.890. The second-order valence-electron chi connectivity index (χ2n) is 25.6. The van der Waals surface area contributed by atoms with Gasteiger partial charge in [0.25, 0.3) is 0 Å². The Morgan fingerprint density at radius 1 is 0.513 bits per heavy atom. The largest absolute Gasteiger partial charge is 0.469 e. The lowest BCUT2D eigenvalue weighted by Crippen LogP contribution is -2.26. The summed E-state index contributed by atoms with van der Waals surface area (Å²) in [4.78, 5) is 96.1. The molecule has 1 aliphatic heterocycles. The third-order valence-electron chi connectivity index (χ3n) is 15.0. The van der Waals surface area contributed by atoms with Crippen molar-refractivity contribution in [2.45, 2.75) is 182 Å². The molecule has 35 heteroatoms. The van der Waals surface area contributed by atoms with E-state index in [0.29, 0.717) is 66.4 Å². The summed E-state index contributed by atoms with van der Waals surface area (Å²) in [6.07, 6.45) is 46.4. The molecule has 0 radical (unpaired) electrons. The molecule has 19 nitrogen and oxygen atoms in total. The quantitative estimate of drug-likeness (QED) is 0.0257. The second-order valence-corrected chi connectivity index (χ2v) is 42.9. The first kappa shape index (κ1) is 144. The third-order valence-corrected chi connectivity index (χ3v) is 27.5. The highest BCUT2D eigenvalue weighted by molar-refractivity contribution is 8.02. The molecule has 8 atom stereocenters. The number of Topliss-reactive ketones (excluding diaryl/α,β-unsaturated/α-hetero) is 3. The van der Waals surface area contributed by atoms with E-state index in [0.717, 1.165) is 115 Å². The molecule has 1 saturated heterocycles. The van der Waals surface area contributed by atoms with Gasteiger partial charge in [-0.05, 0) is 192 Å². The molecule has 0 aromatic carbocycles. The molecule has 0 aromatic rings. The van der Waals surface area contributed by atoms with Crippen LogP contribution in [0.3, 0.4) is 0 Å². The number of amides is 3. The summed E-state index contributed by atoms with van der Waals surface area (Å²) < 4.78 is 48.8. The maximum atomic E-state index is 11.0. The SMILES string of the molecule is CCC(=O)C(C)CSC.CCC(=O)CCSC.CCCCSC.CCCSC.COC(=O)C(C)CSC.COC(=O)CCSC.COCC(C)SC.COCCCSC.COCCSC.CSC1CC(=O)N(C)C1=O.CSC1CC2CC1CC2C.CSCCCC(C)=O.CSCCNC(C)=O.CSCCOC(C)=O.CSCCS(C)(=O)=O. The highest BCUT2D eigenvalue weighted by atomic mass is 32.2. The first-order valence-electron chi connectivity index (χ1n) is 39.3. The van der Waals surface area contributed by atoms with E-state index in [2.05, 4.69) is 103 Å². The van der Waals surface area contributed by atoms with Crippen LogP contribution in [0.15, 0.2) is 0 Å². The monoisotopic (exact) mass is 1970 g/mol. The minimum absolute atomic E-state index is 0.0324. The van der Waals surface area contributed by atoms with Crippen molar-refractivity contribution < 1.29 is 80.0 Å². The lowest BCUT2D eigenvalue weighted by Gasteiger charge is -2.23. The first-order chi connectivity index (χ1) is 55.4. The number of nitrogens with zero attached hydrogens (tertiary/aromatic N) is 1. The number of hydrogen-bond acceptors (Lipinski definition) is 32. The van der Waals surface area contributed by atoms with Crippen molar-refractivity contribution in [3.63, 3.8) is 0 Å². The number of hydrogen-bond donors (Lipinski definition) is 1. The summed E-state index contributed by atoms with van der Waals surface area (Å²) in [5.74, 6) is 16.7. The molecule has 3 fully saturated rings. The average Bonchev–Trinajstić information content (AvgIpc) is 1.66. The summed E-state index contributed by atoms with van der Waals surface area (Å²) in [5, 5.41) is 4.23. The zero-order chi connectivity index (χ0) is 93.1. The number of sulfone groups is 1. The van der Waals surface area contributed by atoms with Gasteiger partial charge in [-0.25, -0.2) is 8.42 Å². The number of thioether (sulfide) groups is 15. The molecule has 117 heavy (non-hydrogen) atoms. The van der Waals surface area contributed by atoms with E-state index in [9.17, 15) is 51.6 Å². The molecule has 3 aliphatic rings. The van der Waals surface area contributed by atoms with E-state index in [1.165, 1.54) is 114 Å². The van der Waals surface area contributed by atoms with Gasteiger partial charge in [0.15, 0.2) is 0 Å². The predicted molar refractivity (Wildman–Crippen MR) is 553 cm³/mol. The molecule has 0 spiro atoms. The molecule has 1 heterocycles. The molecule has 8 unspecified atom stereocenters. The Morgan fingerprint density at radius 2 is 1.00 bits per heavy atom. The van der Waals surface area contributed by atoms with Crippen LogP contribution >= 0.6 is 176 Å². The van der Waals surface area contributed by atoms with Gasteiger partial charge in [0.05, 0.1) is 50.8 Å². The van der Waals surface area contributed by atoms with Crippen LogP contribution in [0.4, 0.5) is 0 Å². The minimum Gasteiger partial charge on any atom is -0.469 e. The number of fused-ring (bicyclic) bond motifs is 2. The fourth-order valence-electron chi connectivity index (χ4n) is 8.20. The maximum Gasteiger partial charge on any atom is 0.309 e. The number of methoxy groups -OCH3 is 5. The van der Waals surface area contributed by atoms with E-state index in [-0.39, 0.29) is 52.7 Å². The van der Waals surface area contributed by atoms with Crippen LogP contribution in [0, 0.1) is 29.6 Å². The van der Waals surface area contributed by atoms with Gasteiger partial charge < -0.3 is 38.5 Å². The number of nitrogens with one attached hydrogen (secondary N) is 1. The Balaban J connectivity index is -0.000000101. The number of esters is 3. The number of imide groups is 1. The number of likely N-dealkylation sites (tertiary alicyclic amines) is 1. The molecule has 3 rings (SSSR count). The Bertz CT molecular complexity index is 2140. The molecule has 1 N–H and O–H groups in total. The first-order valence-corrected chi connectivity index (χ1v) is 62.0. The van der Waals surface area contributed by atoms with Gasteiger partial charge in [-0.15, -0.1) is 0 Å². The highest BCUT2D eigenvalue weighted by Crippen LogP contribution is 2.51. The number of ether oxygens (including phenoxy) is 6. The molecule has 0 aromatic heterocycles. The minimum atomic E-state index is -2.71. The molecule has 2 aliphatic carbocycles. The Hall–Kier alpha value is 1.11. The van der Waals surface area contributed by atoms with Gasteiger partial charge >= 0.3 is 17.9 Å². The summed E-state index contributed by atoms with van der Waals surface area (Å²) in [6.45, 7) is 25.2. The van der Waals surface area contributed by atoms with Crippen molar-refractivity contribution in [2.24, 2.45) is 29.6 Å². The van der Waals surface area contributed by atoms with Crippen LogP contribution in [0.1, 0.15) is 166 Å². The van der Waals surface area contributed by atoms with Gasteiger partial charge in [-0.2, -0.15) is 176 Å². The second kappa shape index (κ2) is 119. The number of carbonyl (C=O) groups is 9. The van der Waals surface area contributed by atoms with E-state index >= 15 is 0 Å². The predicted octanol–water partition coefficient (Wildman–Crippen LogP) is 19.8. The van der Waals surface area contributed by atoms with Gasteiger partial charge in [0.1, 0.15) is 33.8 Å². The number of unbranched alkanes of at least 4 members (excludes halogenated alkanes) is 1. The summed E-state index contributed by atoms with van der Waals surface area (Å²) in [7, 11) is 6.83. The van der Waals surface area contributed by atoms with Crippen LogP contribution in [0.2, 0.25) is 0 Å². The lowest BCUT2D eigenvalue weighted by molar-refractivity contribution is -0.144. The van der Waals surface area contributed by atoms with E-state index in [1.54, 1.807) is 141 Å². The fourth-order valence-corrected chi connectivity index (χ4v) is 16.9. The third kappa shape index (κ3) is 133. The van der Waals surface area contributed by atoms with Crippen LogP contribution in [-0.2, 0) is 81.4 Å². The Morgan fingerprint density at radius 3 is 1.29 bits per heavy atom. The Kier molecular flexibility index (Phi) is 147.